The van der Waals surface area contributed by atoms with E-state index < -0.39 is 0 Å². The Morgan fingerprint density at radius 1 is 0.404 bits per heavy atom. The lowest BCUT2D eigenvalue weighted by Gasteiger charge is -2.28. The van der Waals surface area contributed by atoms with Crippen molar-refractivity contribution in [1.82, 2.24) is 0 Å². The third kappa shape index (κ3) is 3.89. The Bertz CT molecular complexity index is 2730. The number of hydrogen-bond acceptors (Lipinski definition) is 2. The maximum Gasteiger partial charge on any atom is 0.0476 e. The van der Waals surface area contributed by atoms with Crippen molar-refractivity contribution in [1.29, 1.82) is 0 Å². The largest absolute Gasteiger partial charge is 0.310 e. The summed E-state index contributed by atoms with van der Waals surface area (Å²) in [6.07, 6.45) is 0. The first-order valence-electron chi connectivity index (χ1n) is 16.3. The first-order chi connectivity index (χ1) is 23.0. The lowest BCUT2D eigenvalue weighted by atomic mass is 9.82. The highest BCUT2D eigenvalue weighted by atomic mass is 32.1. The molecule has 2 heteroatoms. The molecule has 0 saturated carbocycles. The molecule has 0 atom stereocenters. The van der Waals surface area contributed by atoms with E-state index in [0.29, 0.717) is 0 Å². The van der Waals surface area contributed by atoms with E-state index in [-0.39, 0.29) is 5.41 Å². The number of benzene rings is 8. The van der Waals surface area contributed by atoms with Crippen LogP contribution in [0.5, 0.6) is 0 Å². The second-order valence-electron chi connectivity index (χ2n) is 13.4. The van der Waals surface area contributed by atoms with Crippen molar-refractivity contribution in [3.8, 4) is 11.1 Å². The summed E-state index contributed by atoms with van der Waals surface area (Å²) < 4.78 is 2.63. The zero-order chi connectivity index (χ0) is 31.3. The van der Waals surface area contributed by atoms with Crippen molar-refractivity contribution < 1.29 is 0 Å². The maximum absolute atomic E-state index is 2.45. The predicted molar refractivity (Wildman–Crippen MR) is 204 cm³/mol. The molecule has 1 aromatic heterocycles. The molecule has 0 radical (unpaired) electrons. The van der Waals surface area contributed by atoms with Gasteiger partial charge in [-0.15, -0.1) is 11.3 Å². The van der Waals surface area contributed by atoms with Gasteiger partial charge < -0.3 is 4.90 Å². The first-order valence-corrected chi connectivity index (χ1v) is 17.2. The fraction of sp³-hybridized carbons (Fsp3) is 0.0667. The number of nitrogens with zero attached hydrogens (tertiary/aromatic N) is 1. The van der Waals surface area contributed by atoms with E-state index in [1.54, 1.807) is 0 Å². The Morgan fingerprint density at radius 3 is 1.85 bits per heavy atom. The molecule has 47 heavy (non-hydrogen) atoms. The van der Waals surface area contributed by atoms with Gasteiger partial charge in [-0.25, -0.2) is 0 Å². The molecule has 0 fully saturated rings. The monoisotopic (exact) mass is 617 g/mol. The van der Waals surface area contributed by atoms with Crippen LogP contribution in [-0.2, 0) is 5.41 Å². The molecule has 10 rings (SSSR count). The third-order valence-electron chi connectivity index (χ3n) is 10.4. The number of anilines is 3. The normalized spacial score (nSPS) is 13.5. The van der Waals surface area contributed by atoms with Crippen LogP contribution in [-0.4, -0.2) is 0 Å². The number of fused-ring (bicyclic) bond motifs is 11. The molecule has 0 saturated heterocycles. The average molecular weight is 618 g/mol. The summed E-state index contributed by atoms with van der Waals surface area (Å²) in [6, 6.07) is 56.5. The van der Waals surface area contributed by atoms with Crippen LogP contribution in [0.4, 0.5) is 17.1 Å². The van der Waals surface area contributed by atoms with Gasteiger partial charge in [-0.3, -0.25) is 0 Å². The lowest BCUT2D eigenvalue weighted by molar-refractivity contribution is 0.660. The molecule has 0 N–H and O–H groups in total. The first kappa shape index (κ1) is 26.7. The van der Waals surface area contributed by atoms with Gasteiger partial charge in [-0.2, -0.15) is 0 Å². The van der Waals surface area contributed by atoms with Crippen LogP contribution in [0.2, 0.25) is 0 Å². The molecule has 1 aliphatic rings. The molecule has 0 bridgehead atoms. The van der Waals surface area contributed by atoms with Crippen molar-refractivity contribution >= 4 is 80.9 Å². The lowest BCUT2D eigenvalue weighted by Crippen LogP contribution is -2.16. The standard InChI is InChI=1S/C45H31NS/c1-45(2)41-13-7-5-11-37(41)38-23-18-31(26-42(38)45)46(32-19-24-40-39-12-6-8-14-43(39)47-44(40)27-32)30-17-22-34-29(25-30)16-21-35-33-10-4-3-9-28(33)15-20-36(34)35/h3-27H,1-2H3. The van der Waals surface area contributed by atoms with Gasteiger partial charge >= 0.3 is 0 Å². The van der Waals surface area contributed by atoms with Crippen molar-refractivity contribution in [2.75, 3.05) is 4.90 Å². The van der Waals surface area contributed by atoms with Crippen LogP contribution >= 0.6 is 11.3 Å². The summed E-state index contributed by atoms with van der Waals surface area (Å²) in [5, 5.41) is 10.3. The van der Waals surface area contributed by atoms with Crippen molar-refractivity contribution in [3.63, 3.8) is 0 Å². The second kappa shape index (κ2) is 9.78. The van der Waals surface area contributed by atoms with Crippen LogP contribution in [0.1, 0.15) is 25.0 Å². The zero-order valence-electron chi connectivity index (χ0n) is 26.3. The highest BCUT2D eigenvalue weighted by Crippen LogP contribution is 2.51. The Kier molecular flexibility index (Phi) is 5.57. The van der Waals surface area contributed by atoms with Gasteiger partial charge in [0.1, 0.15) is 0 Å². The topological polar surface area (TPSA) is 3.24 Å². The fourth-order valence-electron chi connectivity index (χ4n) is 8.09. The van der Waals surface area contributed by atoms with Crippen molar-refractivity contribution in [2.45, 2.75) is 19.3 Å². The Morgan fingerprint density at radius 2 is 0.979 bits per heavy atom. The molecule has 1 heterocycles. The van der Waals surface area contributed by atoms with E-state index in [1.807, 2.05) is 11.3 Å². The summed E-state index contributed by atoms with van der Waals surface area (Å²) in [6.45, 7) is 4.72. The highest BCUT2D eigenvalue weighted by Gasteiger charge is 2.35. The average Bonchev–Trinajstić information content (AvgIpc) is 3.59. The van der Waals surface area contributed by atoms with Gasteiger partial charge in [0, 0.05) is 42.6 Å². The van der Waals surface area contributed by atoms with Crippen molar-refractivity contribution in [2.24, 2.45) is 0 Å². The van der Waals surface area contributed by atoms with E-state index in [0.717, 1.165) is 5.69 Å². The van der Waals surface area contributed by atoms with Gasteiger partial charge in [0.05, 0.1) is 0 Å². The molecule has 222 valence electrons. The zero-order valence-corrected chi connectivity index (χ0v) is 27.1. The third-order valence-corrected chi connectivity index (χ3v) is 11.6. The summed E-state index contributed by atoms with van der Waals surface area (Å²) in [7, 11) is 0. The summed E-state index contributed by atoms with van der Waals surface area (Å²) in [4.78, 5) is 2.45. The van der Waals surface area contributed by atoms with Crippen LogP contribution in [0.25, 0.3) is 63.6 Å². The van der Waals surface area contributed by atoms with Gasteiger partial charge in [0.25, 0.3) is 0 Å². The molecule has 1 nitrogen and oxygen atoms in total. The highest BCUT2D eigenvalue weighted by molar-refractivity contribution is 7.25. The van der Waals surface area contributed by atoms with E-state index in [9.17, 15) is 0 Å². The summed E-state index contributed by atoms with van der Waals surface area (Å²) in [5.41, 5.74) is 8.90. The fourth-order valence-corrected chi connectivity index (χ4v) is 9.23. The van der Waals surface area contributed by atoms with Gasteiger partial charge in [0.15, 0.2) is 0 Å². The summed E-state index contributed by atoms with van der Waals surface area (Å²) in [5.74, 6) is 0. The van der Waals surface area contributed by atoms with E-state index >= 15 is 0 Å². The molecule has 0 spiro atoms. The summed E-state index contributed by atoms with van der Waals surface area (Å²) >= 11 is 1.87. The Hall–Kier alpha value is -5.44. The smallest absolute Gasteiger partial charge is 0.0476 e. The Balaban J connectivity index is 1.19. The Labute approximate surface area is 278 Å². The molecule has 1 aliphatic carbocycles. The van der Waals surface area contributed by atoms with Crippen LogP contribution in [0, 0.1) is 0 Å². The van der Waals surface area contributed by atoms with Crippen LogP contribution in [0.3, 0.4) is 0 Å². The van der Waals surface area contributed by atoms with E-state index in [1.165, 1.54) is 86.1 Å². The minimum absolute atomic E-state index is 0.0753. The number of rotatable bonds is 3. The number of thiophene rings is 1. The molecule has 0 amide bonds. The van der Waals surface area contributed by atoms with Gasteiger partial charge in [0.2, 0.25) is 0 Å². The quantitative estimate of drug-likeness (QED) is 0.178. The van der Waals surface area contributed by atoms with E-state index in [2.05, 4.69) is 170 Å². The van der Waals surface area contributed by atoms with Crippen molar-refractivity contribution in [3.05, 3.63) is 163 Å². The molecule has 8 aromatic carbocycles. The molecular weight excluding hydrogens is 587 g/mol. The van der Waals surface area contributed by atoms with Crippen LogP contribution < -0.4 is 4.90 Å². The molecule has 0 unspecified atom stereocenters. The molecular formula is C45H31NS. The van der Waals surface area contributed by atoms with E-state index in [4.69, 9.17) is 0 Å². The number of hydrogen-bond donors (Lipinski definition) is 0. The van der Waals surface area contributed by atoms with Crippen LogP contribution in [0.15, 0.2) is 152 Å². The van der Waals surface area contributed by atoms with Gasteiger partial charge in [-0.1, -0.05) is 123 Å². The minimum atomic E-state index is -0.0753. The maximum atomic E-state index is 2.45. The molecule has 9 aromatic rings. The molecule has 0 aliphatic heterocycles. The minimum Gasteiger partial charge on any atom is -0.310 e. The van der Waals surface area contributed by atoms with Gasteiger partial charge in [-0.05, 0) is 97.0 Å². The SMILES string of the molecule is CC1(C)c2ccccc2-c2ccc(N(c3ccc4c(ccc5c6ccccc6ccc45)c3)c3ccc4c(c3)sc3ccccc34)cc21. The predicted octanol–water partition coefficient (Wildman–Crippen LogP) is 13.3. The second-order valence-corrected chi connectivity index (χ2v) is 14.5.